The molecule has 154 valence electrons. The first-order chi connectivity index (χ1) is 13.8. The molecule has 2 aromatic carbocycles. The van der Waals surface area contributed by atoms with E-state index in [2.05, 4.69) is 5.32 Å². The molecule has 3 rings (SSSR count). The molecule has 0 radical (unpaired) electrons. The quantitative estimate of drug-likeness (QED) is 0.760. The third kappa shape index (κ3) is 5.28. The SMILES string of the molecule is CC(C)Oc1ccc(N2CC(C(=O)Nc3ccccc3OC(C)C)CC2=O)cc1. The Bertz CT molecular complexity index is 861. The zero-order valence-electron chi connectivity index (χ0n) is 17.3. The molecule has 29 heavy (non-hydrogen) atoms. The second-order valence-electron chi connectivity index (χ2n) is 7.72. The molecule has 0 aromatic heterocycles. The van der Waals surface area contributed by atoms with Crippen LogP contribution in [0.15, 0.2) is 48.5 Å². The second-order valence-corrected chi connectivity index (χ2v) is 7.72. The van der Waals surface area contributed by atoms with Gasteiger partial charge in [0.05, 0.1) is 23.8 Å². The number of hydrogen-bond acceptors (Lipinski definition) is 4. The standard InChI is InChI=1S/C23H28N2O4/c1-15(2)28-19-11-9-18(10-12-19)25-14-17(13-22(25)26)23(27)24-20-7-5-6-8-21(20)29-16(3)4/h5-12,15-17H,13-14H2,1-4H3,(H,24,27). The minimum atomic E-state index is -0.416. The summed E-state index contributed by atoms with van der Waals surface area (Å²) in [6.45, 7) is 8.15. The molecule has 0 spiro atoms. The van der Waals surface area contributed by atoms with Gasteiger partial charge in [-0.05, 0) is 64.1 Å². The summed E-state index contributed by atoms with van der Waals surface area (Å²) in [4.78, 5) is 26.9. The van der Waals surface area contributed by atoms with Crippen molar-refractivity contribution in [2.24, 2.45) is 5.92 Å². The summed E-state index contributed by atoms with van der Waals surface area (Å²) in [5, 5.41) is 2.92. The monoisotopic (exact) mass is 396 g/mol. The first kappa shape index (κ1) is 20.7. The highest BCUT2D eigenvalue weighted by Crippen LogP contribution is 2.30. The van der Waals surface area contributed by atoms with Crippen molar-refractivity contribution in [3.05, 3.63) is 48.5 Å². The van der Waals surface area contributed by atoms with Crippen LogP contribution in [0.2, 0.25) is 0 Å². The first-order valence-corrected chi connectivity index (χ1v) is 9.97. The first-order valence-electron chi connectivity index (χ1n) is 9.97. The lowest BCUT2D eigenvalue weighted by molar-refractivity contribution is -0.122. The second kappa shape index (κ2) is 8.99. The van der Waals surface area contributed by atoms with E-state index >= 15 is 0 Å². The van der Waals surface area contributed by atoms with Crippen LogP contribution in [0.1, 0.15) is 34.1 Å². The molecule has 2 amide bonds. The number of ether oxygens (including phenoxy) is 2. The number of carbonyl (C=O) groups excluding carboxylic acids is 2. The van der Waals surface area contributed by atoms with E-state index in [0.29, 0.717) is 18.0 Å². The third-order valence-corrected chi connectivity index (χ3v) is 4.52. The van der Waals surface area contributed by atoms with Crippen LogP contribution in [0.4, 0.5) is 11.4 Å². The predicted octanol–water partition coefficient (Wildman–Crippen LogP) is 4.25. The fourth-order valence-corrected chi connectivity index (χ4v) is 3.27. The summed E-state index contributed by atoms with van der Waals surface area (Å²) in [6, 6.07) is 14.7. The lowest BCUT2D eigenvalue weighted by Crippen LogP contribution is -2.28. The maximum absolute atomic E-state index is 12.8. The fourth-order valence-electron chi connectivity index (χ4n) is 3.27. The number of carbonyl (C=O) groups is 2. The van der Waals surface area contributed by atoms with Gasteiger partial charge in [0.2, 0.25) is 11.8 Å². The molecule has 1 fully saturated rings. The normalized spacial score (nSPS) is 16.4. The zero-order chi connectivity index (χ0) is 21.0. The fraction of sp³-hybridized carbons (Fsp3) is 0.391. The molecular weight excluding hydrogens is 368 g/mol. The molecule has 0 bridgehead atoms. The van der Waals surface area contributed by atoms with Crippen LogP contribution >= 0.6 is 0 Å². The lowest BCUT2D eigenvalue weighted by atomic mass is 10.1. The van der Waals surface area contributed by atoms with E-state index in [1.165, 1.54) is 0 Å². The van der Waals surface area contributed by atoms with Gasteiger partial charge in [0.15, 0.2) is 0 Å². The number of rotatable bonds is 7. The van der Waals surface area contributed by atoms with Crippen molar-refractivity contribution < 1.29 is 19.1 Å². The predicted molar refractivity (Wildman–Crippen MR) is 114 cm³/mol. The van der Waals surface area contributed by atoms with Crippen molar-refractivity contribution in [2.75, 3.05) is 16.8 Å². The molecular formula is C23H28N2O4. The van der Waals surface area contributed by atoms with Gasteiger partial charge in [0.1, 0.15) is 11.5 Å². The summed E-state index contributed by atoms with van der Waals surface area (Å²) in [7, 11) is 0. The van der Waals surface area contributed by atoms with Gasteiger partial charge in [0.25, 0.3) is 0 Å². The molecule has 1 saturated heterocycles. The Labute approximate surface area is 171 Å². The highest BCUT2D eigenvalue weighted by Gasteiger charge is 2.35. The molecule has 6 nitrogen and oxygen atoms in total. The molecule has 1 unspecified atom stereocenters. The van der Waals surface area contributed by atoms with E-state index in [1.807, 2.05) is 70.2 Å². The Morgan fingerprint density at radius 1 is 1.00 bits per heavy atom. The average molecular weight is 396 g/mol. The molecule has 6 heteroatoms. The summed E-state index contributed by atoms with van der Waals surface area (Å²) in [5.41, 5.74) is 1.39. The van der Waals surface area contributed by atoms with Crippen molar-refractivity contribution in [2.45, 2.75) is 46.3 Å². The van der Waals surface area contributed by atoms with Crippen molar-refractivity contribution in [3.63, 3.8) is 0 Å². The Balaban J connectivity index is 1.66. The molecule has 1 atom stereocenters. The van der Waals surface area contributed by atoms with Gasteiger partial charge in [-0.3, -0.25) is 9.59 Å². The van der Waals surface area contributed by atoms with Crippen molar-refractivity contribution in [3.8, 4) is 11.5 Å². The van der Waals surface area contributed by atoms with Gasteiger partial charge in [-0.2, -0.15) is 0 Å². The molecule has 2 aromatic rings. The van der Waals surface area contributed by atoms with Crippen molar-refractivity contribution in [1.82, 2.24) is 0 Å². The number of para-hydroxylation sites is 2. The molecule has 1 aliphatic heterocycles. The largest absolute Gasteiger partial charge is 0.491 e. The molecule has 1 heterocycles. The minimum Gasteiger partial charge on any atom is -0.491 e. The van der Waals surface area contributed by atoms with Crippen LogP contribution in [0.5, 0.6) is 11.5 Å². The van der Waals surface area contributed by atoms with Crippen LogP contribution in [0, 0.1) is 5.92 Å². The van der Waals surface area contributed by atoms with E-state index in [0.717, 1.165) is 11.4 Å². The van der Waals surface area contributed by atoms with Crippen LogP contribution in [0.3, 0.4) is 0 Å². The lowest BCUT2D eigenvalue weighted by Gasteiger charge is -2.18. The van der Waals surface area contributed by atoms with Gasteiger partial charge in [-0.25, -0.2) is 0 Å². The molecule has 0 aliphatic carbocycles. The highest BCUT2D eigenvalue weighted by atomic mass is 16.5. The summed E-state index contributed by atoms with van der Waals surface area (Å²) >= 11 is 0. The van der Waals surface area contributed by atoms with Crippen molar-refractivity contribution >= 4 is 23.2 Å². The van der Waals surface area contributed by atoms with E-state index < -0.39 is 5.92 Å². The van der Waals surface area contributed by atoms with E-state index in [4.69, 9.17) is 9.47 Å². The van der Waals surface area contributed by atoms with Crippen molar-refractivity contribution in [1.29, 1.82) is 0 Å². The topological polar surface area (TPSA) is 67.9 Å². The summed E-state index contributed by atoms with van der Waals surface area (Å²) < 4.78 is 11.4. The van der Waals surface area contributed by atoms with E-state index in [-0.39, 0.29) is 30.4 Å². The van der Waals surface area contributed by atoms with Gasteiger partial charge in [-0.1, -0.05) is 12.1 Å². The maximum atomic E-state index is 12.8. The summed E-state index contributed by atoms with van der Waals surface area (Å²) in [6.07, 6.45) is 0.271. The smallest absolute Gasteiger partial charge is 0.229 e. The number of hydrogen-bond donors (Lipinski definition) is 1. The minimum absolute atomic E-state index is 0.000695. The molecule has 1 N–H and O–H groups in total. The Morgan fingerprint density at radius 3 is 2.31 bits per heavy atom. The van der Waals surface area contributed by atoms with Crippen LogP contribution in [0.25, 0.3) is 0 Å². The molecule has 1 aliphatic rings. The van der Waals surface area contributed by atoms with Crippen LogP contribution < -0.4 is 19.7 Å². The van der Waals surface area contributed by atoms with Crippen LogP contribution in [-0.2, 0) is 9.59 Å². The number of anilines is 2. The average Bonchev–Trinajstić information content (AvgIpc) is 3.05. The Hall–Kier alpha value is -3.02. The number of nitrogens with zero attached hydrogens (tertiary/aromatic N) is 1. The van der Waals surface area contributed by atoms with E-state index in [1.54, 1.807) is 11.0 Å². The van der Waals surface area contributed by atoms with Gasteiger partial charge in [-0.15, -0.1) is 0 Å². The highest BCUT2D eigenvalue weighted by molar-refractivity contribution is 6.03. The number of nitrogens with one attached hydrogen (secondary N) is 1. The van der Waals surface area contributed by atoms with Gasteiger partial charge >= 0.3 is 0 Å². The van der Waals surface area contributed by atoms with Gasteiger partial charge in [0, 0.05) is 18.7 Å². The Kier molecular flexibility index (Phi) is 6.42. The molecule has 0 saturated carbocycles. The van der Waals surface area contributed by atoms with E-state index in [9.17, 15) is 9.59 Å². The zero-order valence-corrected chi connectivity index (χ0v) is 17.3. The maximum Gasteiger partial charge on any atom is 0.229 e. The summed E-state index contributed by atoms with van der Waals surface area (Å²) in [5.74, 6) is 0.722. The van der Waals surface area contributed by atoms with Gasteiger partial charge < -0.3 is 19.7 Å². The third-order valence-electron chi connectivity index (χ3n) is 4.52. The number of benzene rings is 2. The number of amides is 2. The Morgan fingerprint density at radius 2 is 1.66 bits per heavy atom. The van der Waals surface area contributed by atoms with Crippen LogP contribution in [-0.4, -0.2) is 30.6 Å².